The Hall–Kier alpha value is -0.560. The van der Waals surface area contributed by atoms with Crippen molar-refractivity contribution in [2.75, 3.05) is 0 Å². The predicted molar refractivity (Wildman–Crippen MR) is 55.3 cm³/mol. The van der Waals surface area contributed by atoms with Gasteiger partial charge in [0.1, 0.15) is 6.54 Å². The average Bonchev–Trinajstić information content (AvgIpc) is 2.17. The highest BCUT2D eigenvalue weighted by Crippen LogP contribution is 2.08. The first kappa shape index (κ1) is 13.4. The van der Waals surface area contributed by atoms with Crippen molar-refractivity contribution in [3.63, 3.8) is 0 Å². The number of aromatic nitrogens is 1. The van der Waals surface area contributed by atoms with Crippen molar-refractivity contribution >= 4 is 0 Å². The first-order valence-corrected chi connectivity index (χ1v) is 5.27. The van der Waals surface area contributed by atoms with Crippen LogP contribution in [0.25, 0.3) is 0 Å². The standard InChI is InChI=1S/C12H20N.ClH/c1-3-7-12(2)8-11-13-9-5-4-6-10-13;/h4-6,9-10,12H,3,7-8,11H2,1-2H3;1H/q+1;/p-1. The molecule has 0 fully saturated rings. The summed E-state index contributed by atoms with van der Waals surface area (Å²) in [7, 11) is 0. The molecule has 1 rings (SSSR count). The van der Waals surface area contributed by atoms with Crippen LogP contribution in [0.4, 0.5) is 0 Å². The zero-order valence-electron chi connectivity index (χ0n) is 9.12. The first-order chi connectivity index (χ1) is 6.33. The topological polar surface area (TPSA) is 3.88 Å². The summed E-state index contributed by atoms with van der Waals surface area (Å²) in [5, 5.41) is 0. The van der Waals surface area contributed by atoms with Crippen molar-refractivity contribution in [3.05, 3.63) is 30.6 Å². The van der Waals surface area contributed by atoms with Crippen LogP contribution in [0, 0.1) is 5.92 Å². The highest BCUT2D eigenvalue weighted by Gasteiger charge is 2.04. The highest BCUT2D eigenvalue weighted by atomic mass is 35.5. The van der Waals surface area contributed by atoms with Crippen molar-refractivity contribution in [2.24, 2.45) is 5.92 Å². The van der Waals surface area contributed by atoms with E-state index >= 15 is 0 Å². The van der Waals surface area contributed by atoms with E-state index in [2.05, 4.69) is 49.0 Å². The summed E-state index contributed by atoms with van der Waals surface area (Å²) in [6, 6.07) is 6.24. The fourth-order valence-electron chi connectivity index (χ4n) is 1.59. The molecule has 1 unspecified atom stereocenters. The molecular weight excluding hydrogens is 194 g/mol. The van der Waals surface area contributed by atoms with Crippen LogP contribution in [-0.4, -0.2) is 0 Å². The van der Waals surface area contributed by atoms with Gasteiger partial charge >= 0.3 is 0 Å². The van der Waals surface area contributed by atoms with Gasteiger partial charge in [-0.1, -0.05) is 32.8 Å². The van der Waals surface area contributed by atoms with E-state index in [4.69, 9.17) is 0 Å². The second kappa shape index (κ2) is 7.81. The highest BCUT2D eigenvalue weighted by molar-refractivity contribution is 4.83. The summed E-state index contributed by atoms with van der Waals surface area (Å²) in [5.41, 5.74) is 0. The van der Waals surface area contributed by atoms with Crippen LogP contribution < -0.4 is 17.0 Å². The van der Waals surface area contributed by atoms with Crippen LogP contribution in [-0.2, 0) is 6.54 Å². The van der Waals surface area contributed by atoms with Crippen molar-refractivity contribution in [3.8, 4) is 0 Å². The van der Waals surface area contributed by atoms with Gasteiger partial charge in [-0.05, 0) is 5.92 Å². The lowest BCUT2D eigenvalue weighted by Gasteiger charge is -2.06. The average molecular weight is 214 g/mol. The number of hydrogen-bond acceptors (Lipinski definition) is 0. The van der Waals surface area contributed by atoms with E-state index < -0.39 is 0 Å². The molecular formula is C12H20ClN. The van der Waals surface area contributed by atoms with Gasteiger partial charge in [0, 0.05) is 18.6 Å². The molecule has 1 aromatic rings. The maximum atomic E-state index is 2.34. The summed E-state index contributed by atoms with van der Waals surface area (Å²) < 4.78 is 2.26. The zero-order chi connectivity index (χ0) is 9.52. The van der Waals surface area contributed by atoms with Crippen LogP contribution in [0.5, 0.6) is 0 Å². The van der Waals surface area contributed by atoms with E-state index in [1.165, 1.54) is 19.3 Å². The molecule has 1 nitrogen and oxygen atoms in total. The molecule has 0 saturated heterocycles. The van der Waals surface area contributed by atoms with Gasteiger partial charge in [0.25, 0.3) is 0 Å². The van der Waals surface area contributed by atoms with Gasteiger partial charge in [-0.15, -0.1) is 0 Å². The van der Waals surface area contributed by atoms with Gasteiger partial charge in [0.05, 0.1) is 0 Å². The molecule has 0 radical (unpaired) electrons. The van der Waals surface area contributed by atoms with Crippen LogP contribution in [0.2, 0.25) is 0 Å². The molecule has 0 spiro atoms. The molecule has 80 valence electrons. The molecule has 0 aliphatic carbocycles. The third-order valence-corrected chi connectivity index (χ3v) is 2.44. The Morgan fingerprint density at radius 3 is 2.29 bits per heavy atom. The maximum absolute atomic E-state index is 2.34. The Morgan fingerprint density at radius 1 is 1.07 bits per heavy atom. The molecule has 2 heteroatoms. The number of rotatable bonds is 5. The van der Waals surface area contributed by atoms with Crippen molar-refractivity contribution < 1.29 is 17.0 Å². The summed E-state index contributed by atoms with van der Waals surface area (Å²) >= 11 is 0. The Bertz CT molecular complexity index is 223. The summed E-state index contributed by atoms with van der Waals surface area (Å²) in [4.78, 5) is 0. The maximum Gasteiger partial charge on any atom is 0.168 e. The Kier molecular flexibility index (Phi) is 7.50. The molecule has 0 saturated carbocycles. The third kappa shape index (κ3) is 5.23. The minimum atomic E-state index is 0. The van der Waals surface area contributed by atoms with Crippen LogP contribution in [0.1, 0.15) is 33.1 Å². The summed E-state index contributed by atoms with van der Waals surface area (Å²) in [6.45, 7) is 5.75. The second-order valence-electron chi connectivity index (χ2n) is 3.80. The fourth-order valence-corrected chi connectivity index (χ4v) is 1.59. The van der Waals surface area contributed by atoms with Crippen molar-refractivity contribution in [1.29, 1.82) is 0 Å². The monoisotopic (exact) mass is 213 g/mol. The molecule has 0 N–H and O–H groups in total. The Labute approximate surface area is 93.6 Å². The van der Waals surface area contributed by atoms with Gasteiger partial charge in [-0.2, -0.15) is 0 Å². The lowest BCUT2D eigenvalue weighted by molar-refractivity contribution is -0.698. The van der Waals surface area contributed by atoms with E-state index in [0.717, 1.165) is 12.5 Å². The normalized spacial score (nSPS) is 11.9. The molecule has 0 bridgehead atoms. The largest absolute Gasteiger partial charge is 1.00 e. The Morgan fingerprint density at radius 2 is 1.71 bits per heavy atom. The first-order valence-electron chi connectivity index (χ1n) is 5.27. The van der Waals surface area contributed by atoms with Crippen molar-refractivity contribution in [2.45, 2.75) is 39.7 Å². The van der Waals surface area contributed by atoms with Gasteiger partial charge < -0.3 is 12.4 Å². The lowest BCUT2D eigenvalue weighted by atomic mass is 10.0. The molecule has 1 heterocycles. The number of aryl methyl sites for hydroxylation is 1. The zero-order valence-corrected chi connectivity index (χ0v) is 9.87. The quantitative estimate of drug-likeness (QED) is 0.597. The van der Waals surface area contributed by atoms with E-state index in [9.17, 15) is 0 Å². The van der Waals surface area contributed by atoms with E-state index in [0.29, 0.717) is 0 Å². The number of pyridine rings is 1. The predicted octanol–water partition coefficient (Wildman–Crippen LogP) is -0.196. The molecule has 0 amide bonds. The van der Waals surface area contributed by atoms with Gasteiger partial charge in [0.2, 0.25) is 0 Å². The SMILES string of the molecule is CCCC(C)CC[n+]1ccccc1.[Cl-]. The van der Waals surface area contributed by atoms with Gasteiger partial charge in [-0.3, -0.25) is 0 Å². The molecule has 0 aliphatic rings. The molecule has 0 aliphatic heterocycles. The molecule has 0 aromatic carbocycles. The van der Waals surface area contributed by atoms with E-state index in [1.807, 2.05) is 0 Å². The van der Waals surface area contributed by atoms with Crippen molar-refractivity contribution in [1.82, 2.24) is 0 Å². The lowest BCUT2D eigenvalue weighted by Crippen LogP contribution is -3.00. The Balaban J connectivity index is 0.00000169. The van der Waals surface area contributed by atoms with E-state index in [1.54, 1.807) is 0 Å². The second-order valence-corrected chi connectivity index (χ2v) is 3.80. The number of nitrogens with zero attached hydrogens (tertiary/aromatic N) is 1. The molecule has 1 atom stereocenters. The third-order valence-electron chi connectivity index (χ3n) is 2.44. The van der Waals surface area contributed by atoms with Crippen LogP contribution in [0.3, 0.4) is 0 Å². The van der Waals surface area contributed by atoms with E-state index in [-0.39, 0.29) is 12.4 Å². The van der Waals surface area contributed by atoms with Gasteiger partial charge in [-0.25, -0.2) is 4.57 Å². The minimum absolute atomic E-state index is 0. The number of halogens is 1. The van der Waals surface area contributed by atoms with Gasteiger partial charge in [0.15, 0.2) is 12.4 Å². The minimum Gasteiger partial charge on any atom is -1.00 e. The summed E-state index contributed by atoms with van der Waals surface area (Å²) in [5.74, 6) is 0.859. The summed E-state index contributed by atoms with van der Waals surface area (Å²) in [6.07, 6.45) is 8.23. The van der Waals surface area contributed by atoms with Crippen LogP contribution in [0.15, 0.2) is 30.6 Å². The van der Waals surface area contributed by atoms with Crippen LogP contribution >= 0.6 is 0 Å². The fraction of sp³-hybridized carbons (Fsp3) is 0.583. The molecule has 14 heavy (non-hydrogen) atoms. The smallest absolute Gasteiger partial charge is 0.168 e. The number of hydrogen-bond donors (Lipinski definition) is 0. The molecule has 1 aromatic heterocycles.